The summed E-state index contributed by atoms with van der Waals surface area (Å²) in [6.45, 7) is 0.282. The first-order valence-electron chi connectivity index (χ1n) is 10.3. The van der Waals surface area contributed by atoms with Crippen LogP contribution in [0.15, 0.2) is 65.1 Å². The zero-order chi connectivity index (χ0) is 22.2. The van der Waals surface area contributed by atoms with Gasteiger partial charge in [0.05, 0.1) is 25.8 Å². The third kappa shape index (κ3) is 3.41. The number of benzene rings is 3. The lowest BCUT2D eigenvalue weighted by molar-refractivity contribution is -0.122. The van der Waals surface area contributed by atoms with Crippen LogP contribution in [0.5, 0.6) is 11.5 Å². The van der Waals surface area contributed by atoms with Gasteiger partial charge in [-0.3, -0.25) is 9.59 Å². The number of carbonyl (C=O) groups excluding carboxylic acids is 2. The smallest absolute Gasteiger partial charge is 0.229 e. The highest BCUT2D eigenvalue weighted by Gasteiger charge is 2.36. The molecule has 0 spiro atoms. The standard InChI is InChI=1S/C25H22N2O5/c1-30-17-8-9-20(23(13-17)31-2)27-14-15(11-24(27)28)25(29)26-16-7-10-22-19(12-16)18-5-3-4-6-21(18)32-22/h3-10,12-13,15H,11,14H2,1-2H3,(H,26,29). The minimum atomic E-state index is -0.467. The summed E-state index contributed by atoms with van der Waals surface area (Å²) in [6.07, 6.45) is 0.137. The molecular weight excluding hydrogens is 408 g/mol. The molecule has 1 saturated heterocycles. The number of methoxy groups -OCH3 is 2. The molecule has 1 N–H and O–H groups in total. The number of anilines is 2. The van der Waals surface area contributed by atoms with Crippen LogP contribution in [0.3, 0.4) is 0 Å². The van der Waals surface area contributed by atoms with Gasteiger partial charge in [-0.05, 0) is 36.4 Å². The maximum Gasteiger partial charge on any atom is 0.229 e. The number of carbonyl (C=O) groups is 2. The second kappa shape index (κ2) is 7.92. The molecule has 2 amide bonds. The van der Waals surface area contributed by atoms with Crippen molar-refractivity contribution in [2.45, 2.75) is 6.42 Å². The van der Waals surface area contributed by atoms with E-state index in [1.807, 2.05) is 42.5 Å². The van der Waals surface area contributed by atoms with E-state index in [1.54, 1.807) is 37.3 Å². The van der Waals surface area contributed by atoms with E-state index < -0.39 is 5.92 Å². The van der Waals surface area contributed by atoms with Crippen LogP contribution in [0.4, 0.5) is 11.4 Å². The summed E-state index contributed by atoms with van der Waals surface area (Å²) < 4.78 is 16.5. The highest BCUT2D eigenvalue weighted by atomic mass is 16.5. The van der Waals surface area contributed by atoms with Crippen LogP contribution in [-0.4, -0.2) is 32.6 Å². The van der Waals surface area contributed by atoms with E-state index in [1.165, 1.54) is 0 Å². The van der Waals surface area contributed by atoms with Gasteiger partial charge in [-0.2, -0.15) is 0 Å². The summed E-state index contributed by atoms with van der Waals surface area (Å²) >= 11 is 0. The van der Waals surface area contributed by atoms with Crippen LogP contribution in [0.25, 0.3) is 21.9 Å². The number of furan rings is 1. The molecule has 1 fully saturated rings. The van der Waals surface area contributed by atoms with Crippen molar-refractivity contribution < 1.29 is 23.5 Å². The predicted octanol–water partition coefficient (Wildman–Crippen LogP) is 4.59. The van der Waals surface area contributed by atoms with Gasteiger partial charge in [0.15, 0.2) is 0 Å². The minimum absolute atomic E-state index is 0.120. The third-order valence-electron chi connectivity index (χ3n) is 5.82. The van der Waals surface area contributed by atoms with Crippen LogP contribution in [0.2, 0.25) is 0 Å². The first kappa shape index (κ1) is 19.9. The van der Waals surface area contributed by atoms with Crippen LogP contribution < -0.4 is 19.7 Å². The molecule has 1 atom stereocenters. The van der Waals surface area contributed by atoms with Crippen LogP contribution in [0, 0.1) is 5.92 Å². The molecule has 2 heterocycles. The fourth-order valence-electron chi connectivity index (χ4n) is 4.17. The first-order chi connectivity index (χ1) is 15.6. The number of para-hydroxylation sites is 1. The fraction of sp³-hybridized carbons (Fsp3) is 0.200. The second-order valence-corrected chi connectivity index (χ2v) is 7.74. The molecule has 4 aromatic rings. The Bertz CT molecular complexity index is 1340. The molecule has 0 saturated carbocycles. The van der Waals surface area contributed by atoms with Gasteiger partial charge in [-0.15, -0.1) is 0 Å². The Morgan fingerprint density at radius 1 is 1.00 bits per heavy atom. The Balaban J connectivity index is 1.36. The maximum absolute atomic E-state index is 13.0. The summed E-state index contributed by atoms with van der Waals surface area (Å²) in [4.78, 5) is 27.3. The van der Waals surface area contributed by atoms with Gasteiger partial charge in [0.25, 0.3) is 0 Å². The van der Waals surface area contributed by atoms with E-state index in [0.29, 0.717) is 22.9 Å². The van der Waals surface area contributed by atoms with Crippen molar-refractivity contribution in [3.05, 3.63) is 60.7 Å². The van der Waals surface area contributed by atoms with E-state index in [4.69, 9.17) is 13.9 Å². The topological polar surface area (TPSA) is 81.0 Å². The van der Waals surface area contributed by atoms with E-state index >= 15 is 0 Å². The summed E-state index contributed by atoms with van der Waals surface area (Å²) in [7, 11) is 3.11. The highest BCUT2D eigenvalue weighted by Crippen LogP contribution is 2.36. The Kier molecular flexibility index (Phi) is 4.93. The van der Waals surface area contributed by atoms with Gasteiger partial charge in [0.1, 0.15) is 22.7 Å². The number of ether oxygens (including phenoxy) is 2. The predicted molar refractivity (Wildman–Crippen MR) is 122 cm³/mol. The zero-order valence-electron chi connectivity index (χ0n) is 17.8. The molecule has 5 rings (SSSR count). The summed E-state index contributed by atoms with van der Waals surface area (Å²) in [5.74, 6) is 0.376. The number of hydrogen-bond acceptors (Lipinski definition) is 5. The maximum atomic E-state index is 13.0. The molecule has 0 radical (unpaired) electrons. The van der Waals surface area contributed by atoms with Crippen molar-refractivity contribution in [3.63, 3.8) is 0 Å². The van der Waals surface area contributed by atoms with Gasteiger partial charge in [0, 0.05) is 35.5 Å². The molecule has 7 nitrogen and oxygen atoms in total. The Labute approximate surface area is 184 Å². The summed E-state index contributed by atoms with van der Waals surface area (Å²) in [5.41, 5.74) is 2.86. The largest absolute Gasteiger partial charge is 0.497 e. The van der Waals surface area contributed by atoms with Crippen molar-refractivity contribution in [1.82, 2.24) is 0 Å². The number of amides is 2. The quantitative estimate of drug-likeness (QED) is 0.501. The summed E-state index contributed by atoms with van der Waals surface area (Å²) in [6, 6.07) is 18.6. The zero-order valence-corrected chi connectivity index (χ0v) is 17.8. The molecular formula is C25H22N2O5. The molecule has 1 aliphatic heterocycles. The van der Waals surface area contributed by atoms with Gasteiger partial charge >= 0.3 is 0 Å². The number of nitrogens with zero attached hydrogens (tertiary/aromatic N) is 1. The van der Waals surface area contributed by atoms with Gasteiger partial charge in [0.2, 0.25) is 11.8 Å². The van der Waals surface area contributed by atoms with Gasteiger partial charge < -0.3 is 24.1 Å². The minimum Gasteiger partial charge on any atom is -0.497 e. The molecule has 1 aromatic heterocycles. The van der Waals surface area contributed by atoms with Crippen molar-refractivity contribution >= 4 is 45.1 Å². The van der Waals surface area contributed by atoms with Gasteiger partial charge in [-0.25, -0.2) is 0 Å². The number of nitrogens with one attached hydrogen (secondary N) is 1. The van der Waals surface area contributed by atoms with Gasteiger partial charge in [-0.1, -0.05) is 18.2 Å². The van der Waals surface area contributed by atoms with Crippen molar-refractivity contribution in [3.8, 4) is 11.5 Å². The van der Waals surface area contributed by atoms with Crippen molar-refractivity contribution in [2.24, 2.45) is 5.92 Å². The number of hydrogen-bond donors (Lipinski definition) is 1. The van der Waals surface area contributed by atoms with E-state index in [0.717, 1.165) is 21.9 Å². The fourth-order valence-corrected chi connectivity index (χ4v) is 4.17. The Hall–Kier alpha value is -4.00. The van der Waals surface area contributed by atoms with Crippen molar-refractivity contribution in [1.29, 1.82) is 0 Å². The monoisotopic (exact) mass is 430 g/mol. The molecule has 0 aliphatic carbocycles. The van der Waals surface area contributed by atoms with E-state index in [9.17, 15) is 9.59 Å². The first-order valence-corrected chi connectivity index (χ1v) is 10.3. The number of fused-ring (bicyclic) bond motifs is 3. The second-order valence-electron chi connectivity index (χ2n) is 7.74. The highest BCUT2D eigenvalue weighted by molar-refractivity contribution is 6.08. The number of rotatable bonds is 5. The molecule has 0 bridgehead atoms. The Morgan fingerprint density at radius 2 is 1.81 bits per heavy atom. The van der Waals surface area contributed by atoms with E-state index in [2.05, 4.69) is 5.32 Å². The third-order valence-corrected chi connectivity index (χ3v) is 5.82. The molecule has 1 aliphatic rings. The average Bonchev–Trinajstić information content (AvgIpc) is 3.39. The lowest BCUT2D eigenvalue weighted by Gasteiger charge is -2.20. The lowest BCUT2D eigenvalue weighted by atomic mass is 10.1. The van der Waals surface area contributed by atoms with Crippen LogP contribution in [-0.2, 0) is 9.59 Å². The van der Waals surface area contributed by atoms with Crippen LogP contribution in [0.1, 0.15) is 6.42 Å². The average molecular weight is 430 g/mol. The molecule has 1 unspecified atom stereocenters. The lowest BCUT2D eigenvalue weighted by Crippen LogP contribution is -2.28. The van der Waals surface area contributed by atoms with Crippen molar-refractivity contribution in [2.75, 3.05) is 31.0 Å². The van der Waals surface area contributed by atoms with E-state index in [-0.39, 0.29) is 24.8 Å². The molecule has 7 heteroatoms. The summed E-state index contributed by atoms with van der Waals surface area (Å²) in [5, 5.41) is 4.89. The SMILES string of the molecule is COc1ccc(N2CC(C(=O)Nc3ccc4oc5ccccc5c4c3)CC2=O)c(OC)c1. The molecule has 32 heavy (non-hydrogen) atoms. The normalized spacial score (nSPS) is 16.0. The van der Waals surface area contributed by atoms with Crippen LogP contribution >= 0.6 is 0 Å². The molecule has 162 valence electrons. The Morgan fingerprint density at radius 3 is 2.62 bits per heavy atom. The molecule has 3 aromatic carbocycles.